The van der Waals surface area contributed by atoms with Crippen molar-refractivity contribution in [3.8, 4) is 5.75 Å². The molecular weight excluding hydrogens is 260 g/mol. The average molecular weight is 290 g/mol. The minimum absolute atomic E-state index is 0.321. The first-order valence-corrected chi connectivity index (χ1v) is 8.22. The summed E-state index contributed by atoms with van der Waals surface area (Å²) < 4.78 is 5.37. The highest BCUT2D eigenvalue weighted by Gasteiger charge is 2.33. The summed E-state index contributed by atoms with van der Waals surface area (Å²) in [4.78, 5) is 2.55. The maximum atomic E-state index is 6.87. The molecule has 1 aromatic rings. The van der Waals surface area contributed by atoms with Crippen molar-refractivity contribution in [1.82, 2.24) is 4.90 Å². The van der Waals surface area contributed by atoms with Crippen molar-refractivity contribution in [3.05, 3.63) is 29.8 Å². The normalized spacial score (nSPS) is 20.0. The smallest absolute Gasteiger partial charge is 0.119 e. The van der Waals surface area contributed by atoms with Crippen LogP contribution < -0.4 is 10.5 Å². The third-order valence-electron chi connectivity index (χ3n) is 4.82. The topological polar surface area (TPSA) is 38.5 Å². The Kier molecular flexibility index (Phi) is 5.65. The Morgan fingerprint density at radius 1 is 1.19 bits per heavy atom. The zero-order valence-corrected chi connectivity index (χ0v) is 13.8. The highest BCUT2D eigenvalue weighted by atomic mass is 16.5. The van der Waals surface area contributed by atoms with E-state index in [-0.39, 0.29) is 5.54 Å². The molecule has 1 fully saturated rings. The van der Waals surface area contributed by atoms with E-state index >= 15 is 0 Å². The van der Waals surface area contributed by atoms with E-state index < -0.39 is 0 Å². The van der Waals surface area contributed by atoms with Gasteiger partial charge in [-0.25, -0.2) is 0 Å². The van der Waals surface area contributed by atoms with Gasteiger partial charge in [-0.05, 0) is 49.5 Å². The number of hydrogen-bond donors (Lipinski definition) is 1. The van der Waals surface area contributed by atoms with E-state index in [1.807, 2.05) is 12.1 Å². The fraction of sp³-hybridized carbons (Fsp3) is 0.667. The summed E-state index contributed by atoms with van der Waals surface area (Å²) in [7, 11) is 1.71. The number of benzene rings is 1. The molecule has 2 rings (SSSR count). The fourth-order valence-electron chi connectivity index (χ4n) is 3.18. The van der Waals surface area contributed by atoms with Crippen LogP contribution in [0.15, 0.2) is 24.3 Å². The maximum Gasteiger partial charge on any atom is 0.119 e. The summed E-state index contributed by atoms with van der Waals surface area (Å²) in [6.07, 6.45) is 5.31. The predicted octanol–water partition coefficient (Wildman–Crippen LogP) is 3.38. The van der Waals surface area contributed by atoms with Crippen LogP contribution in [0.25, 0.3) is 0 Å². The molecule has 0 amide bonds. The van der Waals surface area contributed by atoms with Gasteiger partial charge in [-0.15, -0.1) is 0 Å². The SMILES string of the molecule is COc1cccc(C(N)(CN2CCCCCC2)C(C)C)c1. The molecule has 1 unspecified atom stereocenters. The van der Waals surface area contributed by atoms with Crippen molar-refractivity contribution in [2.45, 2.75) is 45.1 Å². The number of methoxy groups -OCH3 is 1. The van der Waals surface area contributed by atoms with Crippen LogP contribution in [0.3, 0.4) is 0 Å². The molecular formula is C18H30N2O. The Labute approximate surface area is 129 Å². The molecule has 1 aliphatic heterocycles. The van der Waals surface area contributed by atoms with E-state index in [2.05, 4.69) is 30.9 Å². The quantitative estimate of drug-likeness (QED) is 0.903. The van der Waals surface area contributed by atoms with Crippen LogP contribution in [-0.2, 0) is 5.54 Å². The standard InChI is InChI=1S/C18H30N2O/c1-15(2)18(19,14-20-11-6-4-5-7-12-20)16-9-8-10-17(13-16)21-3/h8-10,13,15H,4-7,11-12,14,19H2,1-3H3. The molecule has 2 N–H and O–H groups in total. The summed E-state index contributed by atoms with van der Waals surface area (Å²) in [6.45, 7) is 7.72. The molecule has 1 saturated heterocycles. The van der Waals surface area contributed by atoms with Gasteiger partial charge in [-0.1, -0.05) is 38.8 Å². The van der Waals surface area contributed by atoms with Crippen LogP contribution in [-0.4, -0.2) is 31.6 Å². The Bertz CT molecular complexity index is 439. The summed E-state index contributed by atoms with van der Waals surface area (Å²) in [5.74, 6) is 1.27. The van der Waals surface area contributed by atoms with Crippen molar-refractivity contribution in [3.63, 3.8) is 0 Å². The Morgan fingerprint density at radius 2 is 1.86 bits per heavy atom. The molecule has 0 saturated carbocycles. The van der Waals surface area contributed by atoms with Gasteiger partial charge in [-0.3, -0.25) is 0 Å². The van der Waals surface area contributed by atoms with E-state index in [9.17, 15) is 0 Å². The minimum atomic E-state index is -0.321. The van der Waals surface area contributed by atoms with E-state index in [4.69, 9.17) is 10.5 Å². The van der Waals surface area contributed by atoms with Crippen molar-refractivity contribution < 1.29 is 4.74 Å². The van der Waals surface area contributed by atoms with Gasteiger partial charge in [-0.2, -0.15) is 0 Å². The number of likely N-dealkylation sites (tertiary alicyclic amines) is 1. The molecule has 0 bridgehead atoms. The van der Waals surface area contributed by atoms with Gasteiger partial charge in [0.25, 0.3) is 0 Å². The lowest BCUT2D eigenvalue weighted by Crippen LogP contribution is -2.51. The molecule has 0 aromatic heterocycles. The predicted molar refractivity (Wildman–Crippen MR) is 88.6 cm³/mol. The molecule has 21 heavy (non-hydrogen) atoms. The number of nitrogens with two attached hydrogens (primary N) is 1. The molecule has 1 heterocycles. The van der Waals surface area contributed by atoms with Crippen LogP contribution in [0.4, 0.5) is 0 Å². The largest absolute Gasteiger partial charge is 0.497 e. The van der Waals surface area contributed by atoms with Crippen molar-refractivity contribution >= 4 is 0 Å². The first kappa shape index (κ1) is 16.3. The third kappa shape index (κ3) is 3.98. The molecule has 1 aromatic carbocycles. The average Bonchev–Trinajstić information content (AvgIpc) is 2.75. The Morgan fingerprint density at radius 3 is 2.43 bits per heavy atom. The van der Waals surface area contributed by atoms with E-state index in [1.54, 1.807) is 7.11 Å². The van der Waals surface area contributed by atoms with Crippen molar-refractivity contribution in [2.75, 3.05) is 26.7 Å². The number of rotatable bonds is 5. The molecule has 3 heteroatoms. The molecule has 3 nitrogen and oxygen atoms in total. The van der Waals surface area contributed by atoms with Crippen LogP contribution in [0.5, 0.6) is 5.75 Å². The molecule has 0 spiro atoms. The Hall–Kier alpha value is -1.06. The second kappa shape index (κ2) is 7.28. The lowest BCUT2D eigenvalue weighted by atomic mass is 9.80. The summed E-state index contributed by atoms with van der Waals surface area (Å²) in [6, 6.07) is 8.26. The highest BCUT2D eigenvalue weighted by Crippen LogP contribution is 2.31. The highest BCUT2D eigenvalue weighted by molar-refractivity contribution is 5.34. The minimum Gasteiger partial charge on any atom is -0.497 e. The number of nitrogens with zero attached hydrogens (tertiary/aromatic N) is 1. The first-order chi connectivity index (χ1) is 10.1. The molecule has 1 aliphatic rings. The van der Waals surface area contributed by atoms with Gasteiger partial charge in [0.05, 0.1) is 12.6 Å². The monoisotopic (exact) mass is 290 g/mol. The third-order valence-corrected chi connectivity index (χ3v) is 4.82. The molecule has 118 valence electrons. The molecule has 0 radical (unpaired) electrons. The van der Waals surface area contributed by atoms with Crippen LogP contribution in [0, 0.1) is 5.92 Å². The summed E-state index contributed by atoms with van der Waals surface area (Å²) >= 11 is 0. The lowest BCUT2D eigenvalue weighted by Gasteiger charge is -2.39. The molecule has 1 atom stereocenters. The van der Waals surface area contributed by atoms with E-state index in [1.165, 1.54) is 44.3 Å². The van der Waals surface area contributed by atoms with Crippen molar-refractivity contribution in [1.29, 1.82) is 0 Å². The number of ether oxygens (including phenoxy) is 1. The zero-order chi connectivity index (χ0) is 15.3. The summed E-state index contributed by atoms with van der Waals surface area (Å²) in [5, 5.41) is 0. The fourth-order valence-corrected chi connectivity index (χ4v) is 3.18. The van der Waals surface area contributed by atoms with Gasteiger partial charge < -0.3 is 15.4 Å². The van der Waals surface area contributed by atoms with Gasteiger partial charge in [0, 0.05) is 6.54 Å². The van der Waals surface area contributed by atoms with Gasteiger partial charge >= 0.3 is 0 Å². The Balaban J connectivity index is 2.21. The summed E-state index contributed by atoms with van der Waals surface area (Å²) in [5.41, 5.74) is 7.73. The van der Waals surface area contributed by atoms with E-state index in [0.717, 1.165) is 12.3 Å². The van der Waals surface area contributed by atoms with Gasteiger partial charge in [0.1, 0.15) is 5.75 Å². The van der Waals surface area contributed by atoms with Gasteiger partial charge in [0.15, 0.2) is 0 Å². The van der Waals surface area contributed by atoms with Crippen LogP contribution in [0.1, 0.15) is 45.1 Å². The van der Waals surface area contributed by atoms with Crippen LogP contribution in [0.2, 0.25) is 0 Å². The first-order valence-electron chi connectivity index (χ1n) is 8.22. The number of hydrogen-bond acceptors (Lipinski definition) is 3. The van der Waals surface area contributed by atoms with E-state index in [0.29, 0.717) is 5.92 Å². The van der Waals surface area contributed by atoms with Crippen LogP contribution >= 0.6 is 0 Å². The second-order valence-electron chi connectivity index (χ2n) is 6.62. The maximum absolute atomic E-state index is 6.87. The molecule has 0 aliphatic carbocycles. The van der Waals surface area contributed by atoms with Crippen molar-refractivity contribution in [2.24, 2.45) is 11.7 Å². The second-order valence-corrected chi connectivity index (χ2v) is 6.62. The lowest BCUT2D eigenvalue weighted by molar-refractivity contribution is 0.175. The zero-order valence-electron chi connectivity index (χ0n) is 13.8. The van der Waals surface area contributed by atoms with Gasteiger partial charge in [0.2, 0.25) is 0 Å².